The van der Waals surface area contributed by atoms with Gasteiger partial charge in [-0.05, 0) is 48.7 Å². The van der Waals surface area contributed by atoms with Crippen LogP contribution in [0.25, 0.3) is 6.08 Å². The Kier molecular flexibility index (Phi) is 8.27. The molecule has 7 heteroatoms. The van der Waals surface area contributed by atoms with Crippen molar-refractivity contribution in [2.45, 2.75) is 25.7 Å². The number of rotatable bonds is 9. The molecular formula is C21H21F3N2O2. The highest BCUT2D eigenvalue weighted by Gasteiger charge is 2.06. The average molecular weight is 390 g/mol. The van der Waals surface area contributed by atoms with Gasteiger partial charge in [-0.25, -0.2) is 13.2 Å². The molecule has 0 atom stereocenters. The minimum atomic E-state index is -1.01. The number of hydrogen-bond acceptors (Lipinski definition) is 2. The van der Waals surface area contributed by atoms with Gasteiger partial charge in [-0.2, -0.15) is 0 Å². The third-order valence-corrected chi connectivity index (χ3v) is 3.88. The minimum Gasteiger partial charge on any atom is -0.353 e. The molecule has 0 saturated carbocycles. The van der Waals surface area contributed by atoms with E-state index in [4.69, 9.17) is 0 Å². The van der Waals surface area contributed by atoms with Gasteiger partial charge in [0.1, 0.15) is 5.82 Å². The monoisotopic (exact) mass is 390 g/mol. The first kappa shape index (κ1) is 21.2. The Bertz CT molecular complexity index is 836. The quantitative estimate of drug-likeness (QED) is 0.492. The maximum atomic E-state index is 13.1. The molecule has 0 aliphatic rings. The molecular weight excluding hydrogens is 369 g/mol. The lowest BCUT2D eigenvalue weighted by Crippen LogP contribution is -2.22. The van der Waals surface area contributed by atoms with Crippen LogP contribution >= 0.6 is 0 Å². The zero-order valence-electron chi connectivity index (χ0n) is 15.2. The van der Waals surface area contributed by atoms with E-state index in [-0.39, 0.29) is 29.7 Å². The van der Waals surface area contributed by atoms with Crippen molar-refractivity contribution in [3.63, 3.8) is 0 Å². The first-order valence-corrected chi connectivity index (χ1v) is 8.90. The van der Waals surface area contributed by atoms with Gasteiger partial charge in [0.05, 0.1) is 0 Å². The lowest BCUT2D eigenvalue weighted by Gasteiger charge is -2.06. The molecule has 0 bridgehead atoms. The van der Waals surface area contributed by atoms with Gasteiger partial charge in [0.15, 0.2) is 11.6 Å². The van der Waals surface area contributed by atoms with E-state index in [1.54, 1.807) is 18.2 Å². The zero-order chi connectivity index (χ0) is 20.4. The number of carbonyl (C=O) groups excluding carboxylic acids is 2. The Balaban J connectivity index is 1.57. The molecule has 2 N–H and O–H groups in total. The van der Waals surface area contributed by atoms with E-state index in [0.717, 1.165) is 24.1 Å². The average Bonchev–Trinajstić information content (AvgIpc) is 2.67. The first-order chi connectivity index (χ1) is 13.4. The topological polar surface area (TPSA) is 58.2 Å². The third-order valence-electron chi connectivity index (χ3n) is 3.88. The summed E-state index contributed by atoms with van der Waals surface area (Å²) in [6.07, 6.45) is 5.26. The molecule has 2 rings (SSSR count). The Hall–Kier alpha value is -3.09. The number of anilines is 1. The molecule has 4 nitrogen and oxygen atoms in total. The van der Waals surface area contributed by atoms with Gasteiger partial charge in [-0.15, -0.1) is 0 Å². The van der Waals surface area contributed by atoms with Gasteiger partial charge < -0.3 is 10.6 Å². The van der Waals surface area contributed by atoms with Crippen molar-refractivity contribution >= 4 is 23.6 Å². The highest BCUT2D eigenvalue weighted by atomic mass is 19.2. The van der Waals surface area contributed by atoms with Crippen molar-refractivity contribution in [2.75, 3.05) is 11.9 Å². The second kappa shape index (κ2) is 10.9. The van der Waals surface area contributed by atoms with E-state index in [0.29, 0.717) is 19.4 Å². The van der Waals surface area contributed by atoms with Crippen LogP contribution in [0.1, 0.15) is 31.2 Å². The fourth-order valence-electron chi connectivity index (χ4n) is 2.40. The van der Waals surface area contributed by atoms with Crippen LogP contribution in [0.3, 0.4) is 0 Å². The van der Waals surface area contributed by atoms with Crippen LogP contribution in [-0.4, -0.2) is 18.4 Å². The van der Waals surface area contributed by atoms with E-state index >= 15 is 0 Å². The van der Waals surface area contributed by atoms with Gasteiger partial charge >= 0.3 is 0 Å². The predicted molar refractivity (Wildman–Crippen MR) is 102 cm³/mol. The SMILES string of the molecule is O=C(C=Cc1ccc(F)cc1)NCCCCCC(=O)Nc1ccc(F)c(F)c1. The number of benzene rings is 2. The Morgan fingerprint density at radius 2 is 1.64 bits per heavy atom. The molecule has 148 valence electrons. The molecule has 0 aliphatic heterocycles. The molecule has 0 spiro atoms. The van der Waals surface area contributed by atoms with Gasteiger partial charge in [-0.3, -0.25) is 9.59 Å². The molecule has 0 fully saturated rings. The summed E-state index contributed by atoms with van der Waals surface area (Å²) in [6.45, 7) is 0.470. The van der Waals surface area contributed by atoms with Crippen molar-refractivity contribution in [3.05, 3.63) is 71.6 Å². The van der Waals surface area contributed by atoms with Crippen LogP contribution in [-0.2, 0) is 9.59 Å². The standard InChI is InChI=1S/C21H21F3N2O2/c22-16-8-5-15(6-9-16)7-12-20(27)25-13-3-1-2-4-21(28)26-17-10-11-18(23)19(24)14-17/h5-12,14H,1-4,13H2,(H,25,27)(H,26,28). The lowest BCUT2D eigenvalue weighted by atomic mass is 10.2. The summed E-state index contributed by atoms with van der Waals surface area (Å²) in [5, 5.41) is 5.23. The number of nitrogens with one attached hydrogen (secondary N) is 2. The molecule has 2 aromatic rings. The van der Waals surface area contributed by atoms with Gasteiger partial charge in [0.2, 0.25) is 11.8 Å². The van der Waals surface area contributed by atoms with Crippen LogP contribution < -0.4 is 10.6 Å². The summed E-state index contributed by atoms with van der Waals surface area (Å²) >= 11 is 0. The van der Waals surface area contributed by atoms with Crippen LogP contribution in [0, 0.1) is 17.5 Å². The molecule has 2 amide bonds. The number of hydrogen-bond donors (Lipinski definition) is 2. The molecule has 0 unspecified atom stereocenters. The van der Waals surface area contributed by atoms with Crippen LogP contribution in [0.5, 0.6) is 0 Å². The maximum Gasteiger partial charge on any atom is 0.243 e. The number of halogens is 3. The summed E-state index contributed by atoms with van der Waals surface area (Å²) < 4.78 is 38.7. The van der Waals surface area contributed by atoms with Crippen molar-refractivity contribution in [3.8, 4) is 0 Å². The van der Waals surface area contributed by atoms with Crippen LogP contribution in [0.4, 0.5) is 18.9 Å². The molecule has 0 saturated heterocycles. The summed E-state index contributed by atoms with van der Waals surface area (Å²) in [5.41, 5.74) is 0.938. The molecule has 0 heterocycles. The van der Waals surface area contributed by atoms with Crippen molar-refractivity contribution in [2.24, 2.45) is 0 Å². The smallest absolute Gasteiger partial charge is 0.243 e. The van der Waals surface area contributed by atoms with E-state index in [2.05, 4.69) is 10.6 Å². The second-order valence-corrected chi connectivity index (χ2v) is 6.16. The van der Waals surface area contributed by atoms with Crippen molar-refractivity contribution in [1.82, 2.24) is 5.32 Å². The Morgan fingerprint density at radius 1 is 0.893 bits per heavy atom. The Morgan fingerprint density at radius 3 is 2.36 bits per heavy atom. The van der Waals surface area contributed by atoms with E-state index in [9.17, 15) is 22.8 Å². The van der Waals surface area contributed by atoms with E-state index in [1.807, 2.05) is 0 Å². The van der Waals surface area contributed by atoms with Crippen molar-refractivity contribution < 1.29 is 22.8 Å². The number of carbonyl (C=O) groups is 2. The lowest BCUT2D eigenvalue weighted by molar-refractivity contribution is -0.117. The van der Waals surface area contributed by atoms with Gasteiger partial charge in [0, 0.05) is 30.8 Å². The molecule has 0 aromatic heterocycles. The normalized spacial score (nSPS) is 10.8. The highest BCUT2D eigenvalue weighted by Crippen LogP contribution is 2.13. The fraction of sp³-hybridized carbons (Fsp3) is 0.238. The second-order valence-electron chi connectivity index (χ2n) is 6.16. The van der Waals surface area contributed by atoms with Crippen LogP contribution in [0.2, 0.25) is 0 Å². The Labute approximate surface area is 161 Å². The highest BCUT2D eigenvalue weighted by molar-refractivity contribution is 5.91. The first-order valence-electron chi connectivity index (χ1n) is 8.90. The predicted octanol–water partition coefficient (Wildman–Crippen LogP) is 4.43. The van der Waals surface area contributed by atoms with E-state index in [1.165, 1.54) is 24.3 Å². The summed E-state index contributed by atoms with van der Waals surface area (Å²) in [5.74, 6) is -2.84. The minimum absolute atomic E-state index is 0.212. The maximum absolute atomic E-state index is 13.1. The van der Waals surface area contributed by atoms with Gasteiger partial charge in [0.25, 0.3) is 0 Å². The van der Waals surface area contributed by atoms with Crippen molar-refractivity contribution in [1.29, 1.82) is 0 Å². The van der Waals surface area contributed by atoms with E-state index < -0.39 is 11.6 Å². The molecule has 0 aliphatic carbocycles. The van der Waals surface area contributed by atoms with Crippen LogP contribution in [0.15, 0.2) is 48.5 Å². The summed E-state index contributed by atoms with van der Waals surface area (Å²) in [6, 6.07) is 8.97. The number of amides is 2. The summed E-state index contributed by atoms with van der Waals surface area (Å²) in [4.78, 5) is 23.4. The summed E-state index contributed by atoms with van der Waals surface area (Å²) in [7, 11) is 0. The number of unbranched alkanes of at least 4 members (excludes halogenated alkanes) is 2. The third kappa shape index (κ3) is 7.65. The molecule has 0 radical (unpaired) electrons. The zero-order valence-corrected chi connectivity index (χ0v) is 15.2. The fourth-order valence-corrected chi connectivity index (χ4v) is 2.40. The largest absolute Gasteiger partial charge is 0.353 e. The molecule has 28 heavy (non-hydrogen) atoms. The molecule has 2 aromatic carbocycles. The van der Waals surface area contributed by atoms with Gasteiger partial charge in [-0.1, -0.05) is 18.6 Å².